The zero-order valence-corrected chi connectivity index (χ0v) is 14.1. The summed E-state index contributed by atoms with van der Waals surface area (Å²) in [5.41, 5.74) is 0. The van der Waals surface area contributed by atoms with Gasteiger partial charge in [0.25, 0.3) is 5.91 Å². The highest BCUT2D eigenvalue weighted by molar-refractivity contribution is 7.89. The van der Waals surface area contributed by atoms with Gasteiger partial charge >= 0.3 is 0 Å². The molecule has 2 heterocycles. The molecule has 1 fully saturated rings. The van der Waals surface area contributed by atoms with Gasteiger partial charge in [0, 0.05) is 24.0 Å². The van der Waals surface area contributed by atoms with Crippen LogP contribution in [0, 0.1) is 0 Å². The maximum atomic E-state index is 12.5. The van der Waals surface area contributed by atoms with Gasteiger partial charge in [0.1, 0.15) is 0 Å². The highest BCUT2D eigenvalue weighted by Gasteiger charge is 2.27. The highest BCUT2D eigenvalue weighted by atomic mass is 32.2. The molecule has 1 aliphatic rings. The summed E-state index contributed by atoms with van der Waals surface area (Å²) in [5, 5.41) is 0. The van der Waals surface area contributed by atoms with Crippen molar-refractivity contribution in [2.24, 2.45) is 0 Å². The second-order valence-corrected chi connectivity index (χ2v) is 8.44. The SMILES string of the molecule is CCc1ccc(C(=O)N2CCCC(NS(=O)(=O)CC)C2)s1. The molecule has 1 aliphatic heterocycles. The van der Waals surface area contributed by atoms with E-state index < -0.39 is 10.0 Å². The molecule has 2 rings (SSSR count). The van der Waals surface area contributed by atoms with Crippen molar-refractivity contribution in [3.8, 4) is 0 Å². The third-order valence-electron chi connectivity index (χ3n) is 3.66. The van der Waals surface area contributed by atoms with Crippen LogP contribution in [0.25, 0.3) is 0 Å². The Kier molecular flexibility index (Phi) is 5.40. The summed E-state index contributed by atoms with van der Waals surface area (Å²) in [6.45, 7) is 4.84. The number of hydrogen-bond acceptors (Lipinski definition) is 4. The predicted molar refractivity (Wildman–Crippen MR) is 85.2 cm³/mol. The van der Waals surface area contributed by atoms with Crippen molar-refractivity contribution in [1.29, 1.82) is 0 Å². The number of aryl methyl sites for hydroxylation is 1. The lowest BCUT2D eigenvalue weighted by atomic mass is 10.1. The van der Waals surface area contributed by atoms with Crippen LogP contribution < -0.4 is 4.72 Å². The van der Waals surface area contributed by atoms with Crippen molar-refractivity contribution in [3.63, 3.8) is 0 Å². The lowest BCUT2D eigenvalue weighted by molar-refractivity contribution is 0.0708. The lowest BCUT2D eigenvalue weighted by Gasteiger charge is -2.32. The van der Waals surface area contributed by atoms with Gasteiger partial charge in [0.2, 0.25) is 10.0 Å². The van der Waals surface area contributed by atoms with E-state index in [9.17, 15) is 13.2 Å². The van der Waals surface area contributed by atoms with Gasteiger partial charge in [-0.2, -0.15) is 0 Å². The first kappa shape index (κ1) is 16.5. The van der Waals surface area contributed by atoms with E-state index >= 15 is 0 Å². The van der Waals surface area contributed by atoms with Gasteiger partial charge in [-0.05, 0) is 38.3 Å². The fourth-order valence-electron chi connectivity index (χ4n) is 2.43. The molecule has 1 N–H and O–H groups in total. The Morgan fingerprint density at radius 2 is 2.19 bits per heavy atom. The smallest absolute Gasteiger partial charge is 0.263 e. The summed E-state index contributed by atoms with van der Waals surface area (Å²) in [7, 11) is -3.22. The number of likely N-dealkylation sites (tertiary alicyclic amines) is 1. The molecule has 5 nitrogen and oxygen atoms in total. The number of amides is 1. The van der Waals surface area contributed by atoms with E-state index in [0.717, 1.165) is 24.1 Å². The molecular weight excluding hydrogens is 308 g/mol. The van der Waals surface area contributed by atoms with Crippen molar-refractivity contribution < 1.29 is 13.2 Å². The molecule has 21 heavy (non-hydrogen) atoms. The van der Waals surface area contributed by atoms with E-state index in [1.165, 1.54) is 16.2 Å². The van der Waals surface area contributed by atoms with Crippen LogP contribution >= 0.6 is 11.3 Å². The number of hydrogen-bond donors (Lipinski definition) is 1. The number of rotatable bonds is 5. The zero-order chi connectivity index (χ0) is 15.5. The molecule has 1 aromatic heterocycles. The molecule has 0 aliphatic carbocycles. The molecule has 0 bridgehead atoms. The molecule has 0 saturated carbocycles. The number of nitrogens with one attached hydrogen (secondary N) is 1. The summed E-state index contributed by atoms with van der Waals surface area (Å²) >= 11 is 1.52. The molecule has 1 unspecified atom stereocenters. The second kappa shape index (κ2) is 6.89. The fourth-order valence-corrected chi connectivity index (χ4v) is 4.22. The van der Waals surface area contributed by atoms with E-state index in [1.54, 1.807) is 11.8 Å². The maximum Gasteiger partial charge on any atom is 0.263 e. The molecule has 1 aromatic rings. The second-order valence-electron chi connectivity index (χ2n) is 5.23. The van der Waals surface area contributed by atoms with Gasteiger partial charge in [-0.25, -0.2) is 13.1 Å². The number of sulfonamides is 1. The normalized spacial score (nSPS) is 19.7. The average Bonchev–Trinajstić information content (AvgIpc) is 2.95. The van der Waals surface area contributed by atoms with Crippen LogP contribution in [-0.4, -0.2) is 44.1 Å². The molecular formula is C14H22N2O3S2. The largest absolute Gasteiger partial charge is 0.336 e. The van der Waals surface area contributed by atoms with Crippen molar-refractivity contribution in [2.75, 3.05) is 18.8 Å². The number of carbonyl (C=O) groups is 1. The van der Waals surface area contributed by atoms with Crippen LogP contribution in [0.2, 0.25) is 0 Å². The van der Waals surface area contributed by atoms with E-state index in [2.05, 4.69) is 11.6 Å². The van der Waals surface area contributed by atoms with Gasteiger partial charge in [-0.3, -0.25) is 4.79 Å². The van der Waals surface area contributed by atoms with Crippen LogP contribution in [0.5, 0.6) is 0 Å². The topological polar surface area (TPSA) is 66.5 Å². The average molecular weight is 330 g/mol. The third-order valence-corrected chi connectivity index (χ3v) is 6.33. The third kappa shape index (κ3) is 4.28. The van der Waals surface area contributed by atoms with Crippen LogP contribution in [0.3, 0.4) is 0 Å². The maximum absolute atomic E-state index is 12.5. The molecule has 118 valence electrons. The first-order valence-electron chi connectivity index (χ1n) is 7.33. The van der Waals surface area contributed by atoms with Crippen molar-refractivity contribution in [1.82, 2.24) is 9.62 Å². The van der Waals surface area contributed by atoms with Gasteiger partial charge < -0.3 is 4.90 Å². The Bertz CT molecular complexity index is 595. The Morgan fingerprint density at radius 3 is 2.81 bits per heavy atom. The van der Waals surface area contributed by atoms with Crippen molar-refractivity contribution >= 4 is 27.3 Å². The summed E-state index contributed by atoms with van der Waals surface area (Å²) in [6, 6.07) is 3.68. The predicted octanol–water partition coefficient (Wildman–Crippen LogP) is 1.85. The van der Waals surface area contributed by atoms with E-state index in [-0.39, 0.29) is 17.7 Å². The number of thiophene rings is 1. The molecule has 7 heteroatoms. The number of nitrogens with zero attached hydrogens (tertiary/aromatic N) is 1. The van der Waals surface area contributed by atoms with Crippen LogP contribution in [0.15, 0.2) is 12.1 Å². The van der Waals surface area contributed by atoms with Gasteiger partial charge in [-0.1, -0.05) is 6.92 Å². The van der Waals surface area contributed by atoms with E-state index in [0.29, 0.717) is 13.1 Å². The highest BCUT2D eigenvalue weighted by Crippen LogP contribution is 2.21. The first-order chi connectivity index (χ1) is 9.95. The Balaban J connectivity index is 2.02. The summed E-state index contributed by atoms with van der Waals surface area (Å²) in [4.78, 5) is 16.2. The van der Waals surface area contributed by atoms with E-state index in [4.69, 9.17) is 0 Å². The number of carbonyl (C=O) groups excluding carboxylic acids is 1. The quantitative estimate of drug-likeness (QED) is 0.896. The van der Waals surface area contributed by atoms with Gasteiger partial charge in [0.05, 0.1) is 10.6 Å². The summed E-state index contributed by atoms with van der Waals surface area (Å²) in [5.74, 6) is 0.0856. The Morgan fingerprint density at radius 1 is 1.43 bits per heavy atom. The lowest BCUT2D eigenvalue weighted by Crippen LogP contribution is -2.49. The van der Waals surface area contributed by atoms with Crippen LogP contribution in [0.1, 0.15) is 41.2 Å². The molecule has 1 saturated heterocycles. The first-order valence-corrected chi connectivity index (χ1v) is 9.80. The van der Waals surface area contributed by atoms with E-state index in [1.807, 2.05) is 12.1 Å². The molecule has 1 atom stereocenters. The standard InChI is InChI=1S/C14H22N2O3S2/c1-3-12-7-8-13(20-12)14(17)16-9-5-6-11(10-16)15-21(18,19)4-2/h7-8,11,15H,3-6,9-10H2,1-2H3. The molecule has 1 amide bonds. The van der Waals surface area contributed by atoms with Crippen molar-refractivity contribution in [3.05, 3.63) is 21.9 Å². The van der Waals surface area contributed by atoms with Gasteiger partial charge in [-0.15, -0.1) is 11.3 Å². The summed E-state index contributed by atoms with van der Waals surface area (Å²) in [6.07, 6.45) is 2.54. The molecule has 0 spiro atoms. The summed E-state index contributed by atoms with van der Waals surface area (Å²) < 4.78 is 26.0. The minimum atomic E-state index is -3.22. The van der Waals surface area contributed by atoms with Gasteiger partial charge in [0.15, 0.2) is 0 Å². The van der Waals surface area contributed by atoms with Crippen LogP contribution in [-0.2, 0) is 16.4 Å². The molecule has 0 aromatic carbocycles. The fraction of sp³-hybridized carbons (Fsp3) is 0.643. The van der Waals surface area contributed by atoms with Crippen molar-refractivity contribution in [2.45, 2.75) is 39.2 Å². The minimum absolute atomic E-state index is 0.0140. The Hall–Kier alpha value is -0.920. The minimum Gasteiger partial charge on any atom is -0.336 e. The zero-order valence-electron chi connectivity index (χ0n) is 12.5. The Labute approximate surface area is 130 Å². The molecule has 0 radical (unpaired) electrons. The number of piperidine rings is 1. The monoisotopic (exact) mass is 330 g/mol. The van der Waals surface area contributed by atoms with Crippen LogP contribution in [0.4, 0.5) is 0 Å².